The van der Waals surface area contributed by atoms with E-state index in [0.29, 0.717) is 12.6 Å². The molecule has 1 aliphatic carbocycles. The van der Waals surface area contributed by atoms with Crippen LogP contribution in [0.1, 0.15) is 49.6 Å². The first-order chi connectivity index (χ1) is 11.6. The summed E-state index contributed by atoms with van der Waals surface area (Å²) in [4.78, 5) is 7.46. The van der Waals surface area contributed by atoms with E-state index in [9.17, 15) is 0 Å². The van der Waals surface area contributed by atoms with E-state index >= 15 is 0 Å². The minimum Gasteiger partial charge on any atom is -0.357 e. The number of hydrogen-bond acceptors (Lipinski definition) is 3. The summed E-state index contributed by atoms with van der Waals surface area (Å²) in [7, 11) is 1.99. The van der Waals surface area contributed by atoms with E-state index in [1.165, 1.54) is 50.0 Å². The Morgan fingerprint density at radius 3 is 2.46 bits per heavy atom. The molecule has 134 valence electrons. The summed E-state index contributed by atoms with van der Waals surface area (Å²) < 4.78 is 1.94. The standard InChI is InChI=1S/C18H32N6/c1-5-19-18(20-12-17-13(2)22-23(4)14(17)3)21-15-8-10-24(11-9-15)16-6-7-16/h15-16H,5-12H2,1-4H3,(H2,19,20,21). The molecule has 0 bridgehead atoms. The summed E-state index contributed by atoms with van der Waals surface area (Å²) in [6.07, 6.45) is 5.25. The Morgan fingerprint density at radius 2 is 1.92 bits per heavy atom. The maximum absolute atomic E-state index is 4.81. The van der Waals surface area contributed by atoms with Crippen LogP contribution in [0.15, 0.2) is 4.99 Å². The van der Waals surface area contributed by atoms with Gasteiger partial charge in [0.25, 0.3) is 0 Å². The first-order valence-corrected chi connectivity index (χ1v) is 9.36. The summed E-state index contributed by atoms with van der Waals surface area (Å²) in [6.45, 7) is 10.3. The molecule has 24 heavy (non-hydrogen) atoms. The second-order valence-electron chi connectivity index (χ2n) is 7.15. The average Bonchev–Trinajstić information content (AvgIpc) is 3.37. The molecule has 0 atom stereocenters. The van der Waals surface area contributed by atoms with Gasteiger partial charge in [0.2, 0.25) is 0 Å². The fourth-order valence-corrected chi connectivity index (χ4v) is 3.57. The molecule has 0 unspecified atom stereocenters. The molecular weight excluding hydrogens is 300 g/mol. The van der Waals surface area contributed by atoms with E-state index in [1.807, 2.05) is 11.7 Å². The highest BCUT2D eigenvalue weighted by atomic mass is 15.3. The lowest BCUT2D eigenvalue weighted by Gasteiger charge is -2.33. The first kappa shape index (κ1) is 17.3. The van der Waals surface area contributed by atoms with Gasteiger partial charge >= 0.3 is 0 Å². The minimum absolute atomic E-state index is 0.536. The zero-order chi connectivity index (χ0) is 17.1. The number of hydrogen-bond donors (Lipinski definition) is 2. The normalized spacial score (nSPS) is 20.4. The molecule has 1 aromatic heterocycles. The van der Waals surface area contributed by atoms with Crippen molar-refractivity contribution in [3.05, 3.63) is 17.0 Å². The molecule has 2 N–H and O–H groups in total. The van der Waals surface area contributed by atoms with Crippen molar-refractivity contribution in [2.75, 3.05) is 19.6 Å². The molecule has 2 fully saturated rings. The first-order valence-electron chi connectivity index (χ1n) is 9.36. The molecule has 1 aliphatic heterocycles. The maximum atomic E-state index is 4.81. The molecule has 6 nitrogen and oxygen atoms in total. The SMILES string of the molecule is CCNC(=NCc1c(C)nn(C)c1C)NC1CCN(C2CC2)CC1. The van der Waals surface area contributed by atoms with E-state index in [0.717, 1.165) is 24.2 Å². The van der Waals surface area contributed by atoms with Crippen LogP contribution in [0.4, 0.5) is 0 Å². The van der Waals surface area contributed by atoms with Crippen LogP contribution in [-0.4, -0.2) is 52.4 Å². The van der Waals surface area contributed by atoms with Gasteiger partial charge in [-0.2, -0.15) is 5.10 Å². The number of aliphatic imine (C=N–C) groups is 1. The summed E-state index contributed by atoms with van der Waals surface area (Å²) in [5.41, 5.74) is 3.51. The molecule has 2 aliphatic rings. The largest absolute Gasteiger partial charge is 0.357 e. The van der Waals surface area contributed by atoms with Crippen molar-refractivity contribution in [1.82, 2.24) is 25.3 Å². The number of nitrogens with zero attached hydrogens (tertiary/aromatic N) is 4. The zero-order valence-electron chi connectivity index (χ0n) is 15.6. The van der Waals surface area contributed by atoms with Crippen LogP contribution < -0.4 is 10.6 Å². The van der Waals surface area contributed by atoms with E-state index in [-0.39, 0.29) is 0 Å². The predicted octanol–water partition coefficient (Wildman–Crippen LogP) is 1.72. The highest BCUT2D eigenvalue weighted by molar-refractivity contribution is 5.80. The van der Waals surface area contributed by atoms with Crippen molar-refractivity contribution in [2.24, 2.45) is 12.0 Å². The highest BCUT2D eigenvalue weighted by Gasteiger charge is 2.31. The van der Waals surface area contributed by atoms with E-state index in [1.54, 1.807) is 0 Å². The lowest BCUT2D eigenvalue weighted by Crippen LogP contribution is -2.49. The Kier molecular flexibility index (Phi) is 5.43. The third-order valence-electron chi connectivity index (χ3n) is 5.33. The average molecular weight is 332 g/mol. The Labute approximate surface area is 145 Å². The number of likely N-dealkylation sites (tertiary alicyclic amines) is 1. The Balaban J connectivity index is 1.57. The van der Waals surface area contributed by atoms with E-state index in [2.05, 4.69) is 41.4 Å². The van der Waals surface area contributed by atoms with Crippen molar-refractivity contribution in [3.8, 4) is 0 Å². The van der Waals surface area contributed by atoms with Crippen molar-refractivity contribution >= 4 is 5.96 Å². The van der Waals surface area contributed by atoms with Gasteiger partial charge in [-0.05, 0) is 46.5 Å². The molecule has 1 saturated carbocycles. The monoisotopic (exact) mass is 332 g/mol. The number of guanidine groups is 1. The topological polar surface area (TPSA) is 57.5 Å². The fourth-order valence-electron chi connectivity index (χ4n) is 3.57. The van der Waals surface area contributed by atoms with Crippen LogP contribution in [0.5, 0.6) is 0 Å². The summed E-state index contributed by atoms with van der Waals surface area (Å²) in [5.74, 6) is 0.935. The van der Waals surface area contributed by atoms with Crippen molar-refractivity contribution < 1.29 is 0 Å². The van der Waals surface area contributed by atoms with E-state index in [4.69, 9.17) is 4.99 Å². The van der Waals surface area contributed by atoms with Gasteiger partial charge in [0.1, 0.15) is 0 Å². The van der Waals surface area contributed by atoms with Crippen LogP contribution in [-0.2, 0) is 13.6 Å². The fraction of sp³-hybridized carbons (Fsp3) is 0.778. The van der Waals surface area contributed by atoms with Crippen molar-refractivity contribution in [3.63, 3.8) is 0 Å². The Hall–Kier alpha value is -1.56. The molecule has 2 heterocycles. The Bertz CT molecular complexity index is 579. The van der Waals surface area contributed by atoms with Gasteiger partial charge in [-0.25, -0.2) is 4.99 Å². The predicted molar refractivity (Wildman–Crippen MR) is 98.3 cm³/mol. The number of aryl methyl sites for hydroxylation is 2. The molecule has 1 aromatic rings. The van der Waals surface area contributed by atoms with Gasteiger partial charge in [-0.15, -0.1) is 0 Å². The lowest BCUT2D eigenvalue weighted by atomic mass is 10.1. The number of rotatable bonds is 5. The third-order valence-corrected chi connectivity index (χ3v) is 5.33. The Morgan fingerprint density at radius 1 is 1.21 bits per heavy atom. The van der Waals surface area contributed by atoms with Gasteiger partial charge in [0, 0.05) is 50.0 Å². The number of nitrogens with one attached hydrogen (secondary N) is 2. The van der Waals surface area contributed by atoms with Crippen LogP contribution in [0, 0.1) is 13.8 Å². The number of piperidine rings is 1. The van der Waals surface area contributed by atoms with Gasteiger partial charge in [-0.3, -0.25) is 4.68 Å². The summed E-state index contributed by atoms with van der Waals surface area (Å²) in [6, 6.07) is 1.43. The van der Waals surface area contributed by atoms with E-state index < -0.39 is 0 Å². The second kappa shape index (κ2) is 7.55. The van der Waals surface area contributed by atoms with Gasteiger partial charge in [0.15, 0.2) is 5.96 Å². The smallest absolute Gasteiger partial charge is 0.191 e. The van der Waals surface area contributed by atoms with Gasteiger partial charge in [0.05, 0.1) is 12.2 Å². The summed E-state index contributed by atoms with van der Waals surface area (Å²) in [5, 5.41) is 11.5. The highest BCUT2D eigenvalue weighted by Crippen LogP contribution is 2.29. The molecule has 0 aromatic carbocycles. The third kappa shape index (κ3) is 4.09. The zero-order valence-corrected chi connectivity index (χ0v) is 15.6. The minimum atomic E-state index is 0.536. The molecule has 3 rings (SSSR count). The van der Waals surface area contributed by atoms with Crippen LogP contribution in [0.2, 0.25) is 0 Å². The number of aromatic nitrogens is 2. The van der Waals surface area contributed by atoms with Crippen LogP contribution in [0.3, 0.4) is 0 Å². The van der Waals surface area contributed by atoms with Crippen LogP contribution in [0.25, 0.3) is 0 Å². The molecule has 1 saturated heterocycles. The lowest BCUT2D eigenvalue weighted by molar-refractivity contribution is 0.197. The quantitative estimate of drug-likeness (QED) is 0.637. The molecule has 0 amide bonds. The molecule has 0 radical (unpaired) electrons. The summed E-state index contributed by atoms with van der Waals surface area (Å²) >= 11 is 0. The molecular formula is C18H32N6. The van der Waals surface area contributed by atoms with Gasteiger partial charge in [-0.1, -0.05) is 0 Å². The van der Waals surface area contributed by atoms with Crippen molar-refractivity contribution in [1.29, 1.82) is 0 Å². The van der Waals surface area contributed by atoms with Gasteiger partial charge < -0.3 is 15.5 Å². The molecule has 0 spiro atoms. The maximum Gasteiger partial charge on any atom is 0.191 e. The van der Waals surface area contributed by atoms with Crippen LogP contribution >= 0.6 is 0 Å². The molecule has 6 heteroatoms. The van der Waals surface area contributed by atoms with Crippen molar-refractivity contribution in [2.45, 2.75) is 65.1 Å². The second-order valence-corrected chi connectivity index (χ2v) is 7.15.